The van der Waals surface area contributed by atoms with Crippen LogP contribution in [0.15, 0.2) is 54.6 Å². The van der Waals surface area contributed by atoms with Gasteiger partial charge < -0.3 is 15.0 Å². The predicted molar refractivity (Wildman–Crippen MR) is 106 cm³/mol. The average molecular weight is 366 g/mol. The molecule has 0 saturated carbocycles. The second-order valence-corrected chi connectivity index (χ2v) is 6.93. The number of nitrogens with one attached hydrogen (secondary N) is 1. The van der Waals surface area contributed by atoms with Gasteiger partial charge in [-0.25, -0.2) is 0 Å². The summed E-state index contributed by atoms with van der Waals surface area (Å²) in [7, 11) is 0. The molecular weight excluding hydrogens is 340 g/mol. The predicted octanol–water partition coefficient (Wildman–Crippen LogP) is 3.33. The van der Waals surface area contributed by atoms with E-state index in [4.69, 9.17) is 4.74 Å². The standard InChI is InChI=1S/C22H26N2O3/c1-17(12-13-18-7-3-2-4-8-18)23-21(25)16-27-20-10-5-9-19(15-20)24-14-6-11-22(24)26/h2-5,7-10,15,17H,6,11-14,16H2,1H3,(H,23,25)/t17-/m0/s1. The lowest BCUT2D eigenvalue weighted by Crippen LogP contribution is -2.36. The molecule has 1 aliphatic heterocycles. The molecule has 0 spiro atoms. The normalized spacial score (nSPS) is 14.9. The first-order valence-corrected chi connectivity index (χ1v) is 9.48. The van der Waals surface area contributed by atoms with E-state index in [2.05, 4.69) is 17.4 Å². The molecule has 142 valence electrons. The van der Waals surface area contributed by atoms with Crippen LogP contribution in [0.3, 0.4) is 0 Å². The van der Waals surface area contributed by atoms with Crippen molar-refractivity contribution < 1.29 is 14.3 Å². The Morgan fingerprint density at radius 2 is 2.00 bits per heavy atom. The van der Waals surface area contributed by atoms with Crippen LogP contribution in [0.1, 0.15) is 31.7 Å². The van der Waals surface area contributed by atoms with Crippen LogP contribution in [0.2, 0.25) is 0 Å². The summed E-state index contributed by atoms with van der Waals surface area (Å²) in [5.74, 6) is 0.592. The van der Waals surface area contributed by atoms with Gasteiger partial charge in [-0.1, -0.05) is 36.4 Å². The molecule has 1 fully saturated rings. The van der Waals surface area contributed by atoms with Gasteiger partial charge in [0, 0.05) is 30.8 Å². The summed E-state index contributed by atoms with van der Waals surface area (Å²) in [5.41, 5.74) is 2.09. The third-order valence-electron chi connectivity index (χ3n) is 4.69. The first kappa shape index (κ1) is 19.0. The molecule has 2 aromatic carbocycles. The fourth-order valence-electron chi connectivity index (χ4n) is 3.23. The van der Waals surface area contributed by atoms with E-state index in [-0.39, 0.29) is 24.5 Å². The Labute approximate surface area is 160 Å². The SMILES string of the molecule is C[C@@H](CCc1ccccc1)NC(=O)COc1cccc(N2CCCC2=O)c1. The van der Waals surface area contributed by atoms with E-state index in [0.29, 0.717) is 12.2 Å². The number of hydrogen-bond donors (Lipinski definition) is 1. The highest BCUT2D eigenvalue weighted by atomic mass is 16.5. The molecule has 1 saturated heterocycles. The lowest BCUT2D eigenvalue weighted by Gasteiger charge is -2.17. The van der Waals surface area contributed by atoms with Crippen molar-refractivity contribution >= 4 is 17.5 Å². The van der Waals surface area contributed by atoms with Gasteiger partial charge >= 0.3 is 0 Å². The van der Waals surface area contributed by atoms with Crippen LogP contribution in [0.25, 0.3) is 0 Å². The Balaban J connectivity index is 1.44. The van der Waals surface area contributed by atoms with E-state index in [1.165, 1.54) is 5.56 Å². The van der Waals surface area contributed by atoms with E-state index in [1.807, 2.05) is 43.3 Å². The summed E-state index contributed by atoms with van der Waals surface area (Å²) >= 11 is 0. The van der Waals surface area contributed by atoms with Gasteiger partial charge in [0.15, 0.2) is 6.61 Å². The third-order valence-corrected chi connectivity index (χ3v) is 4.69. The molecule has 27 heavy (non-hydrogen) atoms. The number of rotatable bonds is 8. The number of carbonyl (C=O) groups excluding carboxylic acids is 2. The Morgan fingerprint density at radius 3 is 2.74 bits per heavy atom. The molecule has 0 bridgehead atoms. The quantitative estimate of drug-likeness (QED) is 0.780. The zero-order chi connectivity index (χ0) is 19.1. The molecular formula is C22H26N2O3. The fourth-order valence-corrected chi connectivity index (χ4v) is 3.23. The molecule has 5 nitrogen and oxygen atoms in total. The summed E-state index contributed by atoms with van der Waals surface area (Å²) in [6, 6.07) is 17.7. The van der Waals surface area contributed by atoms with Gasteiger partial charge in [-0.05, 0) is 43.9 Å². The number of hydrogen-bond acceptors (Lipinski definition) is 3. The molecule has 0 aromatic heterocycles. The largest absolute Gasteiger partial charge is 0.484 e. The Hall–Kier alpha value is -2.82. The van der Waals surface area contributed by atoms with Crippen molar-refractivity contribution in [1.82, 2.24) is 5.32 Å². The van der Waals surface area contributed by atoms with Crippen molar-refractivity contribution in [1.29, 1.82) is 0 Å². The lowest BCUT2D eigenvalue weighted by atomic mass is 10.1. The van der Waals surface area contributed by atoms with Gasteiger partial charge in [-0.2, -0.15) is 0 Å². The molecule has 2 aromatic rings. The van der Waals surface area contributed by atoms with Crippen LogP contribution in [-0.4, -0.2) is 31.0 Å². The second-order valence-electron chi connectivity index (χ2n) is 6.93. The minimum absolute atomic E-state index is 0.0346. The van der Waals surface area contributed by atoms with Gasteiger partial charge in [-0.15, -0.1) is 0 Å². The first-order chi connectivity index (χ1) is 13.1. The monoisotopic (exact) mass is 366 g/mol. The molecule has 0 unspecified atom stereocenters. The Kier molecular flexibility index (Phi) is 6.47. The number of amides is 2. The first-order valence-electron chi connectivity index (χ1n) is 9.48. The van der Waals surface area contributed by atoms with Crippen LogP contribution in [0.5, 0.6) is 5.75 Å². The van der Waals surface area contributed by atoms with E-state index in [9.17, 15) is 9.59 Å². The molecule has 2 amide bonds. The van der Waals surface area contributed by atoms with E-state index in [0.717, 1.165) is 31.5 Å². The van der Waals surface area contributed by atoms with Gasteiger partial charge in [0.2, 0.25) is 5.91 Å². The molecule has 0 radical (unpaired) electrons. The molecule has 3 rings (SSSR count). The molecule has 1 heterocycles. The fraction of sp³-hybridized carbons (Fsp3) is 0.364. The summed E-state index contributed by atoms with van der Waals surface area (Å²) in [6.45, 7) is 2.70. The van der Waals surface area contributed by atoms with Crippen molar-refractivity contribution in [3.05, 3.63) is 60.2 Å². The summed E-state index contributed by atoms with van der Waals surface area (Å²) < 4.78 is 5.62. The van der Waals surface area contributed by atoms with E-state index >= 15 is 0 Å². The Bertz CT molecular complexity index is 776. The summed E-state index contributed by atoms with van der Waals surface area (Å²) in [6.07, 6.45) is 3.28. The molecule has 1 atom stereocenters. The maximum absolute atomic E-state index is 12.1. The highest BCUT2D eigenvalue weighted by Gasteiger charge is 2.21. The number of ether oxygens (including phenoxy) is 1. The van der Waals surface area contributed by atoms with Gasteiger partial charge in [0.05, 0.1) is 0 Å². The minimum atomic E-state index is -0.141. The summed E-state index contributed by atoms with van der Waals surface area (Å²) in [5, 5.41) is 2.97. The van der Waals surface area contributed by atoms with Crippen LogP contribution in [-0.2, 0) is 16.0 Å². The maximum atomic E-state index is 12.1. The zero-order valence-corrected chi connectivity index (χ0v) is 15.7. The van der Waals surface area contributed by atoms with Crippen LogP contribution in [0.4, 0.5) is 5.69 Å². The van der Waals surface area contributed by atoms with Crippen molar-refractivity contribution in [3.63, 3.8) is 0 Å². The number of carbonyl (C=O) groups is 2. The van der Waals surface area contributed by atoms with Gasteiger partial charge in [0.1, 0.15) is 5.75 Å². The van der Waals surface area contributed by atoms with Crippen LogP contribution < -0.4 is 15.0 Å². The lowest BCUT2D eigenvalue weighted by molar-refractivity contribution is -0.123. The Morgan fingerprint density at radius 1 is 1.19 bits per heavy atom. The third kappa shape index (κ3) is 5.58. The van der Waals surface area contributed by atoms with Crippen molar-refractivity contribution in [2.75, 3.05) is 18.1 Å². The molecule has 0 aliphatic carbocycles. The van der Waals surface area contributed by atoms with Gasteiger partial charge in [0.25, 0.3) is 5.91 Å². The highest BCUT2D eigenvalue weighted by molar-refractivity contribution is 5.95. The molecule has 1 N–H and O–H groups in total. The average Bonchev–Trinajstić information content (AvgIpc) is 3.12. The number of anilines is 1. The van der Waals surface area contributed by atoms with Crippen LogP contribution in [0, 0.1) is 0 Å². The topological polar surface area (TPSA) is 58.6 Å². The van der Waals surface area contributed by atoms with Crippen molar-refractivity contribution in [2.24, 2.45) is 0 Å². The van der Waals surface area contributed by atoms with E-state index < -0.39 is 0 Å². The van der Waals surface area contributed by atoms with Crippen molar-refractivity contribution in [2.45, 2.75) is 38.6 Å². The van der Waals surface area contributed by atoms with E-state index in [1.54, 1.807) is 11.0 Å². The molecule has 5 heteroatoms. The number of benzene rings is 2. The second kappa shape index (κ2) is 9.21. The van der Waals surface area contributed by atoms with Crippen molar-refractivity contribution in [3.8, 4) is 5.75 Å². The number of aryl methyl sites for hydroxylation is 1. The minimum Gasteiger partial charge on any atom is -0.484 e. The highest BCUT2D eigenvalue weighted by Crippen LogP contribution is 2.25. The summed E-state index contributed by atoms with van der Waals surface area (Å²) in [4.78, 5) is 25.8. The smallest absolute Gasteiger partial charge is 0.258 e. The zero-order valence-electron chi connectivity index (χ0n) is 15.7. The van der Waals surface area contributed by atoms with Crippen LogP contribution >= 0.6 is 0 Å². The van der Waals surface area contributed by atoms with Gasteiger partial charge in [-0.3, -0.25) is 9.59 Å². The number of nitrogens with zero attached hydrogens (tertiary/aromatic N) is 1. The molecule has 1 aliphatic rings. The maximum Gasteiger partial charge on any atom is 0.258 e.